The van der Waals surface area contributed by atoms with Crippen molar-refractivity contribution in [1.29, 1.82) is 0 Å². The highest BCUT2D eigenvalue weighted by molar-refractivity contribution is 7.98. The van der Waals surface area contributed by atoms with E-state index in [1.807, 2.05) is 30.5 Å². The maximum Gasteiger partial charge on any atom is 0.227 e. The van der Waals surface area contributed by atoms with Crippen LogP contribution in [-0.4, -0.2) is 50.6 Å². The van der Waals surface area contributed by atoms with Crippen molar-refractivity contribution in [3.8, 4) is 0 Å². The number of nitrogens with zero attached hydrogens (tertiary/aromatic N) is 1. The highest BCUT2D eigenvalue weighted by Gasteiger charge is 2.37. The Hall–Kier alpha value is -1.54. The highest BCUT2D eigenvalue weighted by atomic mass is 32.2. The first-order valence-corrected chi connectivity index (χ1v) is 10.9. The van der Waals surface area contributed by atoms with E-state index in [2.05, 4.69) is 5.32 Å². The Morgan fingerprint density at radius 3 is 2.58 bits per heavy atom. The summed E-state index contributed by atoms with van der Waals surface area (Å²) in [6.07, 6.45) is 2.60. The van der Waals surface area contributed by atoms with Gasteiger partial charge in [-0.3, -0.25) is 9.59 Å². The molecule has 0 bridgehead atoms. The van der Waals surface area contributed by atoms with Crippen LogP contribution >= 0.6 is 11.8 Å². The molecule has 6 nitrogen and oxygen atoms in total. The summed E-state index contributed by atoms with van der Waals surface area (Å²) in [7, 11) is -3.03. The fourth-order valence-corrected chi connectivity index (χ4v) is 5.20. The van der Waals surface area contributed by atoms with Crippen LogP contribution in [0.1, 0.15) is 12.8 Å². The second kappa shape index (κ2) is 6.76. The van der Waals surface area contributed by atoms with Gasteiger partial charge in [0.1, 0.15) is 0 Å². The lowest BCUT2D eigenvalue weighted by Crippen LogP contribution is -2.40. The van der Waals surface area contributed by atoms with Crippen molar-refractivity contribution in [2.75, 3.05) is 29.2 Å². The number of thioether (sulfide) groups is 1. The zero-order valence-corrected chi connectivity index (χ0v) is 15.0. The Balaban J connectivity index is 1.62. The molecule has 2 atom stereocenters. The molecular weight excluding hydrogens is 348 g/mol. The van der Waals surface area contributed by atoms with Gasteiger partial charge >= 0.3 is 0 Å². The van der Waals surface area contributed by atoms with E-state index in [0.29, 0.717) is 13.0 Å². The minimum Gasteiger partial charge on any atom is -0.352 e. The van der Waals surface area contributed by atoms with Gasteiger partial charge in [0.25, 0.3) is 0 Å². The predicted molar refractivity (Wildman–Crippen MR) is 93.9 cm³/mol. The van der Waals surface area contributed by atoms with E-state index >= 15 is 0 Å². The van der Waals surface area contributed by atoms with E-state index in [1.54, 1.807) is 16.7 Å². The number of carbonyl (C=O) groups excluding carboxylic acids is 2. The number of hydrogen-bond donors (Lipinski definition) is 1. The van der Waals surface area contributed by atoms with Crippen LogP contribution in [0.15, 0.2) is 29.2 Å². The Bertz CT molecular complexity index is 746. The molecule has 130 valence electrons. The molecule has 0 unspecified atom stereocenters. The molecular formula is C16H20N2O4S2. The second-order valence-corrected chi connectivity index (χ2v) is 9.32. The molecule has 24 heavy (non-hydrogen) atoms. The molecule has 2 saturated heterocycles. The van der Waals surface area contributed by atoms with Crippen molar-refractivity contribution in [2.24, 2.45) is 5.92 Å². The molecule has 0 aliphatic carbocycles. The van der Waals surface area contributed by atoms with Crippen molar-refractivity contribution in [2.45, 2.75) is 23.8 Å². The Morgan fingerprint density at radius 1 is 1.29 bits per heavy atom. The first-order chi connectivity index (χ1) is 11.4. The lowest BCUT2D eigenvalue weighted by molar-refractivity contribution is -0.126. The summed E-state index contributed by atoms with van der Waals surface area (Å²) < 4.78 is 22.9. The third kappa shape index (κ3) is 3.75. The van der Waals surface area contributed by atoms with Gasteiger partial charge in [-0.1, -0.05) is 0 Å². The number of hydrogen-bond acceptors (Lipinski definition) is 5. The zero-order valence-electron chi connectivity index (χ0n) is 13.4. The molecule has 0 saturated carbocycles. The van der Waals surface area contributed by atoms with Crippen LogP contribution < -0.4 is 10.2 Å². The van der Waals surface area contributed by atoms with Gasteiger partial charge < -0.3 is 10.2 Å². The number of sulfone groups is 1. The average Bonchev–Trinajstić information content (AvgIpc) is 3.10. The van der Waals surface area contributed by atoms with Gasteiger partial charge in [-0.25, -0.2) is 8.42 Å². The third-order valence-electron chi connectivity index (χ3n) is 4.46. The highest BCUT2D eigenvalue weighted by Crippen LogP contribution is 2.27. The Kier molecular flexibility index (Phi) is 4.87. The summed E-state index contributed by atoms with van der Waals surface area (Å²) in [6, 6.07) is 7.34. The van der Waals surface area contributed by atoms with Gasteiger partial charge in [-0.2, -0.15) is 0 Å². The minimum absolute atomic E-state index is 0.000727. The molecule has 2 aliphatic rings. The number of nitrogens with one attached hydrogen (secondary N) is 1. The number of rotatable bonds is 4. The molecule has 0 spiro atoms. The predicted octanol–water partition coefficient (Wildman–Crippen LogP) is 1.06. The monoisotopic (exact) mass is 368 g/mol. The first kappa shape index (κ1) is 17.3. The largest absolute Gasteiger partial charge is 0.352 e. The number of benzene rings is 1. The topological polar surface area (TPSA) is 83.6 Å². The summed E-state index contributed by atoms with van der Waals surface area (Å²) in [4.78, 5) is 27.3. The average molecular weight is 368 g/mol. The molecule has 1 aromatic rings. The number of carbonyl (C=O) groups is 2. The van der Waals surface area contributed by atoms with Crippen LogP contribution in [-0.2, 0) is 19.4 Å². The van der Waals surface area contributed by atoms with Gasteiger partial charge in [0, 0.05) is 29.6 Å². The fourth-order valence-electron chi connectivity index (χ4n) is 3.12. The van der Waals surface area contributed by atoms with Crippen LogP contribution in [0, 0.1) is 5.92 Å². The van der Waals surface area contributed by atoms with E-state index in [9.17, 15) is 18.0 Å². The summed E-state index contributed by atoms with van der Waals surface area (Å²) in [6.45, 7) is 0.336. The lowest BCUT2D eigenvalue weighted by Gasteiger charge is -2.18. The second-order valence-electron chi connectivity index (χ2n) is 6.21. The Morgan fingerprint density at radius 2 is 2.00 bits per heavy atom. The smallest absolute Gasteiger partial charge is 0.227 e. The zero-order chi connectivity index (χ0) is 17.3. The summed E-state index contributed by atoms with van der Waals surface area (Å²) in [5.41, 5.74) is 0.788. The van der Waals surface area contributed by atoms with Crippen LogP contribution in [0.3, 0.4) is 0 Å². The molecule has 2 heterocycles. The van der Waals surface area contributed by atoms with Gasteiger partial charge in [0.15, 0.2) is 9.84 Å². The number of amides is 2. The molecule has 0 aromatic heterocycles. The third-order valence-corrected chi connectivity index (χ3v) is 6.97. The van der Waals surface area contributed by atoms with Gasteiger partial charge in [-0.15, -0.1) is 11.8 Å². The molecule has 2 fully saturated rings. The van der Waals surface area contributed by atoms with Gasteiger partial charge in [0.05, 0.1) is 17.4 Å². The normalized spacial score (nSPS) is 25.9. The fraction of sp³-hybridized carbons (Fsp3) is 0.500. The van der Waals surface area contributed by atoms with Crippen molar-refractivity contribution in [3.05, 3.63) is 24.3 Å². The molecule has 2 aliphatic heterocycles. The van der Waals surface area contributed by atoms with Crippen molar-refractivity contribution in [1.82, 2.24) is 5.32 Å². The minimum atomic E-state index is -3.03. The Labute approximate surface area is 145 Å². The van der Waals surface area contributed by atoms with Crippen LogP contribution in [0.25, 0.3) is 0 Å². The van der Waals surface area contributed by atoms with Crippen LogP contribution in [0.5, 0.6) is 0 Å². The van der Waals surface area contributed by atoms with Crippen molar-refractivity contribution in [3.63, 3.8) is 0 Å². The maximum absolute atomic E-state index is 12.3. The summed E-state index contributed by atoms with van der Waals surface area (Å²) in [5.74, 6) is -0.616. The quantitative estimate of drug-likeness (QED) is 0.804. The summed E-state index contributed by atoms with van der Waals surface area (Å²) >= 11 is 1.63. The molecule has 2 amide bonds. The van der Waals surface area contributed by atoms with Gasteiger partial charge in [0.2, 0.25) is 11.8 Å². The maximum atomic E-state index is 12.3. The first-order valence-electron chi connectivity index (χ1n) is 7.83. The standard InChI is InChI=1S/C16H20N2O4S2/c1-23-14-4-2-13(3-5-14)18-9-11(8-15(18)19)16(20)17-12-6-7-24(21,22)10-12/h2-5,11-12H,6-10H2,1H3,(H,17,20)/t11-,12+/m0/s1. The number of anilines is 1. The SMILES string of the molecule is CSc1ccc(N2C[C@@H](C(=O)N[C@@H]3CCS(=O)(=O)C3)CC2=O)cc1. The molecule has 0 radical (unpaired) electrons. The van der Waals surface area contributed by atoms with Crippen molar-refractivity contribution < 1.29 is 18.0 Å². The van der Waals surface area contributed by atoms with Crippen molar-refractivity contribution >= 4 is 39.1 Å². The lowest BCUT2D eigenvalue weighted by atomic mass is 10.1. The van der Waals surface area contributed by atoms with E-state index in [1.165, 1.54) is 0 Å². The van der Waals surface area contributed by atoms with E-state index in [4.69, 9.17) is 0 Å². The van der Waals surface area contributed by atoms with Crippen LogP contribution in [0.2, 0.25) is 0 Å². The van der Waals surface area contributed by atoms with E-state index in [0.717, 1.165) is 10.6 Å². The summed E-state index contributed by atoms with van der Waals surface area (Å²) in [5, 5.41) is 2.79. The molecule has 3 rings (SSSR count). The van der Waals surface area contributed by atoms with E-state index < -0.39 is 15.8 Å². The van der Waals surface area contributed by atoms with E-state index in [-0.39, 0.29) is 35.8 Å². The molecule has 1 N–H and O–H groups in total. The molecule has 8 heteroatoms. The van der Waals surface area contributed by atoms with Crippen LogP contribution in [0.4, 0.5) is 5.69 Å². The van der Waals surface area contributed by atoms with Gasteiger partial charge in [-0.05, 0) is 36.9 Å². The molecule has 1 aromatic carbocycles.